The lowest BCUT2D eigenvalue weighted by Gasteiger charge is -2.37. The van der Waals surface area contributed by atoms with E-state index in [1.807, 2.05) is 39.0 Å². The van der Waals surface area contributed by atoms with Crippen LogP contribution >= 0.6 is 0 Å². The van der Waals surface area contributed by atoms with Crippen molar-refractivity contribution in [2.24, 2.45) is 0 Å². The van der Waals surface area contributed by atoms with Crippen LogP contribution in [0.5, 0.6) is 5.75 Å². The van der Waals surface area contributed by atoms with Crippen molar-refractivity contribution in [3.8, 4) is 5.75 Å². The maximum atomic E-state index is 12.4. The third kappa shape index (κ3) is 6.95. The van der Waals surface area contributed by atoms with Crippen LogP contribution in [0.3, 0.4) is 0 Å². The zero-order valence-corrected chi connectivity index (χ0v) is 18.2. The van der Waals surface area contributed by atoms with Gasteiger partial charge in [0.1, 0.15) is 11.4 Å². The number of piperazine rings is 1. The summed E-state index contributed by atoms with van der Waals surface area (Å²) in [4.78, 5) is 17.2. The average Bonchev–Trinajstić information content (AvgIpc) is 2.69. The Morgan fingerprint density at radius 1 is 1.03 bits per heavy atom. The van der Waals surface area contributed by atoms with Gasteiger partial charge in [0.25, 0.3) is 0 Å². The predicted octanol–water partition coefficient (Wildman–Crippen LogP) is 3.65. The Labute approximate surface area is 179 Å². The fraction of sp³-hybridized carbons (Fsp3) is 0.458. The van der Waals surface area contributed by atoms with E-state index in [0.717, 1.165) is 38.3 Å². The number of aromatic hydroxyl groups is 1. The summed E-state index contributed by atoms with van der Waals surface area (Å²) in [6.45, 7) is 10.2. The predicted molar refractivity (Wildman–Crippen MR) is 120 cm³/mol. The fourth-order valence-electron chi connectivity index (χ4n) is 3.69. The summed E-state index contributed by atoms with van der Waals surface area (Å²) in [5, 5.41) is 12.6. The summed E-state index contributed by atoms with van der Waals surface area (Å²) >= 11 is 0. The molecule has 1 atom stereocenters. The van der Waals surface area contributed by atoms with E-state index in [1.165, 1.54) is 5.69 Å². The largest absolute Gasteiger partial charge is 0.508 e. The minimum atomic E-state index is -0.533. The molecular weight excluding hydrogens is 378 g/mol. The van der Waals surface area contributed by atoms with Gasteiger partial charge in [-0.25, -0.2) is 4.79 Å². The molecule has 1 heterocycles. The molecule has 6 nitrogen and oxygen atoms in total. The molecule has 1 aliphatic rings. The average molecular weight is 412 g/mol. The molecule has 1 amide bonds. The zero-order valence-electron chi connectivity index (χ0n) is 18.2. The molecule has 2 N–H and O–H groups in total. The molecule has 1 saturated heterocycles. The maximum Gasteiger partial charge on any atom is 0.407 e. The molecule has 1 unspecified atom stereocenters. The second kappa shape index (κ2) is 9.85. The maximum absolute atomic E-state index is 12.4. The summed E-state index contributed by atoms with van der Waals surface area (Å²) in [6.07, 6.45) is 0.285. The van der Waals surface area contributed by atoms with Crippen molar-refractivity contribution in [2.45, 2.75) is 38.8 Å². The topological polar surface area (TPSA) is 65.0 Å². The van der Waals surface area contributed by atoms with Gasteiger partial charge in [-0.1, -0.05) is 30.3 Å². The Balaban J connectivity index is 1.60. The fourth-order valence-corrected chi connectivity index (χ4v) is 3.69. The molecule has 6 heteroatoms. The van der Waals surface area contributed by atoms with Gasteiger partial charge in [0.15, 0.2) is 0 Å². The number of para-hydroxylation sites is 1. The number of nitrogens with one attached hydrogen (secondary N) is 1. The second-order valence-corrected chi connectivity index (χ2v) is 8.84. The molecule has 0 saturated carbocycles. The molecule has 3 rings (SSSR count). The number of carbonyl (C=O) groups excluding carboxylic acids is 1. The van der Waals surface area contributed by atoms with Crippen LogP contribution in [-0.4, -0.2) is 60.5 Å². The Morgan fingerprint density at radius 3 is 2.27 bits per heavy atom. The number of carbonyl (C=O) groups is 1. The van der Waals surface area contributed by atoms with Crippen molar-refractivity contribution in [2.75, 3.05) is 37.6 Å². The minimum Gasteiger partial charge on any atom is -0.508 e. The summed E-state index contributed by atoms with van der Waals surface area (Å²) in [5.41, 5.74) is 1.79. The molecule has 162 valence electrons. The van der Waals surface area contributed by atoms with Crippen molar-refractivity contribution in [1.82, 2.24) is 10.2 Å². The Bertz CT molecular complexity index is 795. The summed E-state index contributed by atoms with van der Waals surface area (Å²) in [5.74, 6) is 0.243. The van der Waals surface area contributed by atoms with E-state index in [-0.39, 0.29) is 11.8 Å². The molecule has 2 aromatic carbocycles. The van der Waals surface area contributed by atoms with E-state index in [2.05, 4.69) is 39.4 Å². The highest BCUT2D eigenvalue weighted by Crippen LogP contribution is 2.17. The first-order valence-electron chi connectivity index (χ1n) is 10.6. The molecule has 1 fully saturated rings. The van der Waals surface area contributed by atoms with E-state index in [9.17, 15) is 9.90 Å². The van der Waals surface area contributed by atoms with Crippen LogP contribution in [0.15, 0.2) is 54.6 Å². The quantitative estimate of drug-likeness (QED) is 0.760. The molecule has 0 bridgehead atoms. The summed E-state index contributed by atoms with van der Waals surface area (Å²) < 4.78 is 5.47. The van der Waals surface area contributed by atoms with Gasteiger partial charge in [-0.3, -0.25) is 4.90 Å². The van der Waals surface area contributed by atoms with Crippen LogP contribution in [0.1, 0.15) is 26.3 Å². The van der Waals surface area contributed by atoms with Crippen LogP contribution in [0.4, 0.5) is 10.5 Å². The third-order valence-corrected chi connectivity index (χ3v) is 5.11. The van der Waals surface area contributed by atoms with Crippen LogP contribution in [0.25, 0.3) is 0 Å². The number of hydrogen-bond acceptors (Lipinski definition) is 5. The van der Waals surface area contributed by atoms with Gasteiger partial charge in [-0.2, -0.15) is 0 Å². The van der Waals surface area contributed by atoms with E-state index >= 15 is 0 Å². The third-order valence-electron chi connectivity index (χ3n) is 5.11. The molecule has 30 heavy (non-hydrogen) atoms. The molecule has 2 aromatic rings. The van der Waals surface area contributed by atoms with Gasteiger partial charge in [-0.05, 0) is 57.0 Å². The van der Waals surface area contributed by atoms with E-state index in [0.29, 0.717) is 6.42 Å². The van der Waals surface area contributed by atoms with Crippen molar-refractivity contribution in [3.63, 3.8) is 0 Å². The molecule has 0 aromatic heterocycles. The Kier molecular flexibility index (Phi) is 7.21. The number of rotatable bonds is 6. The number of phenolic OH excluding ortho intramolecular Hbond substituents is 1. The van der Waals surface area contributed by atoms with Gasteiger partial charge >= 0.3 is 6.09 Å². The highest BCUT2D eigenvalue weighted by molar-refractivity contribution is 5.68. The monoisotopic (exact) mass is 411 g/mol. The van der Waals surface area contributed by atoms with Gasteiger partial charge in [0.2, 0.25) is 0 Å². The van der Waals surface area contributed by atoms with Gasteiger partial charge < -0.3 is 20.1 Å². The smallest absolute Gasteiger partial charge is 0.407 e. The molecule has 1 aliphatic heterocycles. The van der Waals surface area contributed by atoms with Crippen molar-refractivity contribution in [1.29, 1.82) is 0 Å². The van der Waals surface area contributed by atoms with Crippen molar-refractivity contribution >= 4 is 11.8 Å². The lowest BCUT2D eigenvalue weighted by molar-refractivity contribution is 0.0490. The first-order valence-corrected chi connectivity index (χ1v) is 10.6. The minimum absolute atomic E-state index is 0.0762. The zero-order chi connectivity index (χ0) is 21.6. The highest BCUT2D eigenvalue weighted by Gasteiger charge is 2.24. The van der Waals surface area contributed by atoms with E-state index in [1.54, 1.807) is 12.1 Å². The number of ether oxygens (including phenoxy) is 1. The number of amides is 1. The van der Waals surface area contributed by atoms with E-state index in [4.69, 9.17) is 4.74 Å². The molecular formula is C24H33N3O3. The normalized spacial score (nSPS) is 16.2. The Morgan fingerprint density at radius 2 is 1.67 bits per heavy atom. The van der Waals surface area contributed by atoms with Gasteiger partial charge in [0.05, 0.1) is 0 Å². The number of alkyl carbamates (subject to hydrolysis) is 1. The lowest BCUT2D eigenvalue weighted by atomic mass is 10.0. The SMILES string of the molecule is CC(C)(C)OC(=O)NC(Cc1ccc(O)cc1)CN1CCN(c2ccccc2)CC1. The highest BCUT2D eigenvalue weighted by atomic mass is 16.6. The first kappa shape index (κ1) is 22.0. The van der Waals surface area contributed by atoms with Crippen LogP contribution in [-0.2, 0) is 11.2 Å². The standard InChI is InChI=1S/C24H33N3O3/c1-24(2,3)30-23(29)25-20(17-19-9-11-22(28)12-10-19)18-26-13-15-27(16-14-26)21-7-5-4-6-8-21/h4-12,20,28H,13-18H2,1-3H3,(H,25,29). The van der Waals surface area contributed by atoms with Crippen molar-refractivity contribution < 1.29 is 14.6 Å². The second-order valence-electron chi connectivity index (χ2n) is 8.84. The van der Waals surface area contributed by atoms with E-state index < -0.39 is 11.7 Å². The lowest BCUT2D eigenvalue weighted by Crippen LogP contribution is -2.52. The Hall–Kier alpha value is -2.73. The number of nitrogens with zero attached hydrogens (tertiary/aromatic N) is 2. The number of phenols is 1. The molecule has 0 spiro atoms. The van der Waals surface area contributed by atoms with Crippen LogP contribution in [0, 0.1) is 0 Å². The number of benzene rings is 2. The van der Waals surface area contributed by atoms with Crippen molar-refractivity contribution in [3.05, 3.63) is 60.2 Å². The summed E-state index contributed by atoms with van der Waals surface area (Å²) in [7, 11) is 0. The van der Waals surface area contributed by atoms with Gasteiger partial charge in [0, 0.05) is 44.5 Å². The molecule has 0 aliphatic carbocycles. The van der Waals surface area contributed by atoms with Gasteiger partial charge in [-0.15, -0.1) is 0 Å². The molecule has 0 radical (unpaired) electrons. The number of hydrogen-bond donors (Lipinski definition) is 2. The first-order chi connectivity index (χ1) is 14.3. The van der Waals surface area contributed by atoms with Crippen LogP contribution < -0.4 is 10.2 Å². The van der Waals surface area contributed by atoms with Crippen LogP contribution in [0.2, 0.25) is 0 Å². The summed E-state index contributed by atoms with van der Waals surface area (Å²) in [6, 6.07) is 17.5. The number of anilines is 1.